The second kappa shape index (κ2) is 8.00. The molecule has 0 spiro atoms. The van der Waals surface area contributed by atoms with E-state index in [-0.39, 0.29) is 0 Å². The van der Waals surface area contributed by atoms with E-state index >= 15 is 0 Å². The monoisotopic (exact) mass is 302 g/mol. The van der Waals surface area contributed by atoms with Gasteiger partial charge in [0, 0.05) is 6.54 Å². The van der Waals surface area contributed by atoms with Crippen LogP contribution in [0.5, 0.6) is 0 Å². The highest BCUT2D eigenvalue weighted by molar-refractivity contribution is 5.98. The van der Waals surface area contributed by atoms with Gasteiger partial charge >= 0.3 is 17.9 Å². The molecule has 1 aliphatic heterocycles. The van der Waals surface area contributed by atoms with Crippen molar-refractivity contribution < 1.29 is 34.8 Å². The number of carboxylic acids is 3. The first-order chi connectivity index (χ1) is 9.58. The Labute approximate surface area is 120 Å². The predicted molar refractivity (Wildman–Crippen MR) is 72.2 cm³/mol. The van der Waals surface area contributed by atoms with Gasteiger partial charge in [-0.1, -0.05) is 6.58 Å². The first kappa shape index (κ1) is 18.6. The number of carboxylic acid groups (broad SMARTS) is 3. The van der Waals surface area contributed by atoms with Gasteiger partial charge in [-0.05, 0) is 12.5 Å². The number of aliphatic hydroxyl groups is 1. The molecule has 0 aromatic rings. The Morgan fingerprint density at radius 2 is 1.71 bits per heavy atom. The number of nitrogens with one attached hydrogen (secondary N) is 1. The summed E-state index contributed by atoms with van der Waals surface area (Å²) in [5.41, 5.74) is -1.71. The zero-order chi connectivity index (χ0) is 16.6. The molecule has 1 rings (SSSR count). The SMILES string of the molecule is C=C(C)C1=NCCN1.O=C(O)CC(O)(CC(=O)O)C(=O)O. The van der Waals surface area contributed by atoms with Crippen LogP contribution in [0.2, 0.25) is 0 Å². The smallest absolute Gasteiger partial charge is 0.336 e. The molecule has 118 valence electrons. The van der Waals surface area contributed by atoms with Crippen LogP contribution in [0.4, 0.5) is 0 Å². The minimum Gasteiger partial charge on any atom is -0.481 e. The molecule has 0 bridgehead atoms. The lowest BCUT2D eigenvalue weighted by Crippen LogP contribution is -2.42. The van der Waals surface area contributed by atoms with Gasteiger partial charge in [-0.15, -0.1) is 0 Å². The van der Waals surface area contributed by atoms with Crippen LogP contribution < -0.4 is 5.32 Å². The van der Waals surface area contributed by atoms with Gasteiger partial charge in [0.2, 0.25) is 0 Å². The van der Waals surface area contributed by atoms with Crippen LogP contribution in [0.1, 0.15) is 19.8 Å². The van der Waals surface area contributed by atoms with Crippen molar-refractivity contribution in [3.8, 4) is 0 Å². The maximum atomic E-state index is 10.3. The first-order valence-electron chi connectivity index (χ1n) is 5.92. The number of nitrogens with zero attached hydrogens (tertiary/aromatic N) is 1. The first-order valence-corrected chi connectivity index (χ1v) is 5.92. The molecule has 0 fully saturated rings. The van der Waals surface area contributed by atoms with Gasteiger partial charge < -0.3 is 25.7 Å². The Hall–Kier alpha value is -2.42. The highest BCUT2D eigenvalue weighted by atomic mass is 16.4. The van der Waals surface area contributed by atoms with E-state index in [4.69, 9.17) is 20.4 Å². The van der Waals surface area contributed by atoms with Gasteiger partial charge in [0.25, 0.3) is 0 Å². The summed E-state index contributed by atoms with van der Waals surface area (Å²) in [4.78, 5) is 34.6. The van der Waals surface area contributed by atoms with Crippen molar-refractivity contribution in [3.63, 3.8) is 0 Å². The normalized spacial score (nSPS) is 13.3. The number of hydrogen-bond donors (Lipinski definition) is 5. The molecule has 0 unspecified atom stereocenters. The maximum absolute atomic E-state index is 10.3. The molecule has 1 aliphatic rings. The molecule has 0 aliphatic carbocycles. The van der Waals surface area contributed by atoms with Gasteiger partial charge in [-0.2, -0.15) is 0 Å². The number of aliphatic imine (C=N–C) groups is 1. The number of rotatable bonds is 6. The average Bonchev–Trinajstić information content (AvgIpc) is 2.80. The zero-order valence-electron chi connectivity index (χ0n) is 11.5. The standard InChI is InChI=1S/C6H10N2.C6H8O7/c1-5(2)6-7-3-4-8-6;7-3(8)1-6(13,5(11)12)2-4(9)10/h1,3-4H2,2H3,(H,7,8);13H,1-2H2,(H,7,8)(H,9,10)(H,11,12). The maximum Gasteiger partial charge on any atom is 0.336 e. The molecule has 5 N–H and O–H groups in total. The molecule has 0 saturated carbocycles. The van der Waals surface area contributed by atoms with Crippen molar-refractivity contribution in [1.29, 1.82) is 0 Å². The van der Waals surface area contributed by atoms with E-state index in [1.165, 1.54) is 0 Å². The van der Waals surface area contributed by atoms with Gasteiger partial charge in [-0.3, -0.25) is 14.6 Å². The second-order valence-corrected chi connectivity index (χ2v) is 4.42. The Balaban J connectivity index is 0.000000423. The third kappa shape index (κ3) is 7.06. The molecule has 21 heavy (non-hydrogen) atoms. The predicted octanol–water partition coefficient (Wildman–Crippen LogP) is -0.684. The van der Waals surface area contributed by atoms with E-state index in [0.717, 1.165) is 24.5 Å². The molecule has 0 amide bonds. The van der Waals surface area contributed by atoms with Crippen molar-refractivity contribution in [2.24, 2.45) is 4.99 Å². The summed E-state index contributed by atoms with van der Waals surface area (Å²) in [6.07, 6.45) is -2.29. The third-order valence-corrected chi connectivity index (χ3v) is 2.36. The van der Waals surface area contributed by atoms with E-state index in [1.807, 2.05) is 6.92 Å². The van der Waals surface area contributed by atoms with E-state index in [1.54, 1.807) is 0 Å². The molecule has 0 aromatic heterocycles. The van der Waals surface area contributed by atoms with Crippen molar-refractivity contribution in [2.45, 2.75) is 25.4 Å². The van der Waals surface area contributed by atoms with Crippen LogP contribution in [-0.2, 0) is 14.4 Å². The Kier molecular flexibility index (Phi) is 7.08. The van der Waals surface area contributed by atoms with Gasteiger partial charge in [0.1, 0.15) is 5.84 Å². The second-order valence-electron chi connectivity index (χ2n) is 4.42. The van der Waals surface area contributed by atoms with E-state index in [2.05, 4.69) is 16.9 Å². The highest BCUT2D eigenvalue weighted by Crippen LogP contribution is 2.15. The van der Waals surface area contributed by atoms with Crippen LogP contribution in [0.15, 0.2) is 17.1 Å². The quantitative estimate of drug-likeness (QED) is 0.431. The molecule has 0 radical (unpaired) electrons. The summed E-state index contributed by atoms with van der Waals surface area (Å²) in [6.45, 7) is 7.58. The molecular formula is C12H18N2O7. The highest BCUT2D eigenvalue weighted by Gasteiger charge is 2.40. The van der Waals surface area contributed by atoms with Gasteiger partial charge in [0.15, 0.2) is 5.60 Å². The van der Waals surface area contributed by atoms with Crippen LogP contribution in [0.3, 0.4) is 0 Å². The molecule has 1 heterocycles. The van der Waals surface area contributed by atoms with Crippen molar-refractivity contribution in [3.05, 3.63) is 12.2 Å². The lowest BCUT2D eigenvalue weighted by atomic mass is 9.96. The fourth-order valence-electron chi connectivity index (χ4n) is 1.40. The van der Waals surface area contributed by atoms with E-state index in [9.17, 15) is 14.4 Å². The number of aliphatic carboxylic acids is 3. The summed E-state index contributed by atoms with van der Waals surface area (Å²) in [5, 5.41) is 36.9. The summed E-state index contributed by atoms with van der Waals surface area (Å²) < 4.78 is 0. The topological polar surface area (TPSA) is 157 Å². The Bertz CT molecular complexity index is 454. The molecule has 0 saturated heterocycles. The molecule has 0 aromatic carbocycles. The number of hydrogen-bond acceptors (Lipinski definition) is 6. The van der Waals surface area contributed by atoms with Gasteiger partial charge in [0.05, 0.1) is 19.4 Å². The van der Waals surface area contributed by atoms with Crippen LogP contribution in [0.25, 0.3) is 0 Å². The van der Waals surface area contributed by atoms with E-state index < -0.39 is 36.4 Å². The molecule has 9 nitrogen and oxygen atoms in total. The minimum absolute atomic E-state index is 0.905. The van der Waals surface area contributed by atoms with Gasteiger partial charge in [-0.25, -0.2) is 4.79 Å². The van der Waals surface area contributed by atoms with Crippen LogP contribution in [-0.4, -0.2) is 62.9 Å². The molecule has 0 atom stereocenters. The molecular weight excluding hydrogens is 284 g/mol. The number of amidine groups is 1. The fourth-order valence-corrected chi connectivity index (χ4v) is 1.40. The number of carbonyl (C=O) groups is 3. The van der Waals surface area contributed by atoms with E-state index in [0.29, 0.717) is 0 Å². The van der Waals surface area contributed by atoms with Crippen molar-refractivity contribution in [1.82, 2.24) is 5.32 Å². The van der Waals surface area contributed by atoms with Crippen LogP contribution >= 0.6 is 0 Å². The van der Waals surface area contributed by atoms with Crippen LogP contribution in [0, 0.1) is 0 Å². The summed E-state index contributed by atoms with van der Waals surface area (Å²) >= 11 is 0. The summed E-state index contributed by atoms with van der Waals surface area (Å²) in [7, 11) is 0. The lowest BCUT2D eigenvalue weighted by Gasteiger charge is -2.18. The summed E-state index contributed by atoms with van der Waals surface area (Å²) in [5.74, 6) is -4.04. The zero-order valence-corrected chi connectivity index (χ0v) is 11.5. The fraction of sp³-hybridized carbons (Fsp3) is 0.500. The third-order valence-electron chi connectivity index (χ3n) is 2.36. The average molecular weight is 302 g/mol. The lowest BCUT2D eigenvalue weighted by molar-refractivity contribution is -0.170. The minimum atomic E-state index is -2.74. The molecule has 9 heteroatoms. The largest absolute Gasteiger partial charge is 0.481 e. The summed E-state index contributed by atoms with van der Waals surface area (Å²) in [6, 6.07) is 0. The Morgan fingerprint density at radius 3 is 1.90 bits per heavy atom. The van der Waals surface area contributed by atoms with Crippen molar-refractivity contribution in [2.75, 3.05) is 13.1 Å². The van der Waals surface area contributed by atoms with Crippen molar-refractivity contribution >= 4 is 23.7 Å². The Morgan fingerprint density at radius 1 is 1.24 bits per heavy atom.